The van der Waals surface area contributed by atoms with Gasteiger partial charge in [0.15, 0.2) is 0 Å². The molecule has 6 heteroatoms. The normalized spacial score (nSPS) is 14.5. The van der Waals surface area contributed by atoms with E-state index in [1.54, 1.807) is 0 Å². The molecule has 0 spiro atoms. The molecule has 25 heavy (non-hydrogen) atoms. The molecular weight excluding hydrogens is 320 g/mol. The van der Waals surface area contributed by atoms with Crippen LogP contribution in [0.25, 0.3) is 0 Å². The quantitative estimate of drug-likeness (QED) is 0.801. The van der Waals surface area contributed by atoms with Crippen molar-refractivity contribution in [2.24, 2.45) is 0 Å². The molecule has 0 N–H and O–H groups in total. The lowest BCUT2D eigenvalue weighted by Crippen LogP contribution is -2.33. The van der Waals surface area contributed by atoms with Crippen LogP contribution in [-0.2, 0) is 4.79 Å². The lowest BCUT2D eigenvalue weighted by Gasteiger charge is -2.18. The Kier molecular flexibility index (Phi) is 4.27. The predicted octanol–water partition coefficient (Wildman–Crippen LogP) is 2.15. The highest BCUT2D eigenvalue weighted by molar-refractivity contribution is 6.27. The van der Waals surface area contributed by atoms with Gasteiger partial charge in [-0.3, -0.25) is 9.69 Å². The Balaban J connectivity index is 1.90. The number of carbonyl (C=O) groups excluding carboxylic acids is 3. The Morgan fingerprint density at radius 2 is 1.72 bits per heavy atom. The van der Waals surface area contributed by atoms with Gasteiger partial charge in [0, 0.05) is 5.69 Å². The molecule has 0 aromatic heterocycles. The summed E-state index contributed by atoms with van der Waals surface area (Å²) in [6, 6.07) is 12.6. The Hall–Kier alpha value is -3.15. The molecule has 1 saturated heterocycles. The first-order valence-corrected chi connectivity index (χ1v) is 7.94. The van der Waals surface area contributed by atoms with Gasteiger partial charge in [0.05, 0.1) is 11.7 Å². The van der Waals surface area contributed by atoms with Crippen LogP contribution >= 0.6 is 0 Å². The van der Waals surface area contributed by atoms with Crippen molar-refractivity contribution in [2.75, 3.05) is 16.3 Å². The predicted molar refractivity (Wildman–Crippen MR) is 91.5 cm³/mol. The van der Waals surface area contributed by atoms with E-state index >= 15 is 0 Å². The van der Waals surface area contributed by atoms with Gasteiger partial charge >= 0.3 is 6.03 Å². The van der Waals surface area contributed by atoms with Crippen molar-refractivity contribution in [2.45, 2.75) is 19.8 Å². The molecule has 6 nitrogen and oxygen atoms in total. The summed E-state index contributed by atoms with van der Waals surface area (Å²) in [7, 11) is 0. The number of carbonyl (C=O) groups is 3. The smallest absolute Gasteiger partial charge is 0.336 e. The molecule has 2 aromatic carbocycles. The first kappa shape index (κ1) is 16.7. The maximum absolute atomic E-state index is 12.7. The van der Waals surface area contributed by atoms with Gasteiger partial charge in [-0.1, -0.05) is 38.1 Å². The Morgan fingerprint density at radius 1 is 1.04 bits per heavy atom. The molecule has 1 heterocycles. The topological polar surface area (TPSA) is 80.8 Å². The molecule has 1 aliphatic rings. The van der Waals surface area contributed by atoms with Crippen LogP contribution in [-0.4, -0.2) is 24.5 Å². The second-order valence-corrected chi connectivity index (χ2v) is 6.18. The summed E-state index contributed by atoms with van der Waals surface area (Å²) in [5.74, 6) is -1.40. The number of carboxylic acids is 1. The SMILES string of the molecule is CC(C)c1ccc(N2CC(=O)N(c3cccc(C(=O)[O-])c3)C2=O)cc1. The zero-order valence-electron chi connectivity index (χ0n) is 13.9. The second-order valence-electron chi connectivity index (χ2n) is 6.18. The number of nitrogens with zero attached hydrogens (tertiary/aromatic N) is 2. The molecule has 0 bridgehead atoms. The van der Waals surface area contributed by atoms with Crippen LogP contribution in [0.1, 0.15) is 35.7 Å². The highest BCUT2D eigenvalue weighted by atomic mass is 16.4. The van der Waals surface area contributed by atoms with Crippen LogP contribution in [0.3, 0.4) is 0 Å². The van der Waals surface area contributed by atoms with Crippen LogP contribution in [0.4, 0.5) is 16.2 Å². The number of carboxylic acid groups (broad SMARTS) is 1. The molecule has 0 saturated carbocycles. The van der Waals surface area contributed by atoms with Crippen molar-refractivity contribution in [3.8, 4) is 0 Å². The molecule has 1 fully saturated rings. The standard InChI is InChI=1S/C19H18N2O4/c1-12(2)13-6-8-15(9-7-13)20-11-17(22)21(19(20)25)16-5-3-4-14(10-16)18(23)24/h3-10,12H,11H2,1-2H3,(H,23,24)/p-1. The third kappa shape index (κ3) is 3.10. The highest BCUT2D eigenvalue weighted by Gasteiger charge is 2.38. The van der Waals surface area contributed by atoms with E-state index in [-0.39, 0.29) is 17.8 Å². The lowest BCUT2D eigenvalue weighted by atomic mass is 10.0. The number of hydrogen-bond acceptors (Lipinski definition) is 4. The van der Waals surface area contributed by atoms with Gasteiger partial charge in [-0.25, -0.2) is 9.69 Å². The van der Waals surface area contributed by atoms with E-state index in [0.29, 0.717) is 11.6 Å². The minimum atomic E-state index is -1.36. The number of hydrogen-bond donors (Lipinski definition) is 0. The lowest BCUT2D eigenvalue weighted by molar-refractivity contribution is -0.255. The number of rotatable bonds is 4. The zero-order valence-corrected chi connectivity index (χ0v) is 13.9. The van der Waals surface area contributed by atoms with Crippen molar-refractivity contribution in [1.82, 2.24) is 0 Å². The molecule has 0 unspecified atom stereocenters. The van der Waals surface area contributed by atoms with Crippen LogP contribution in [0, 0.1) is 0 Å². The number of benzene rings is 2. The number of aromatic carboxylic acids is 1. The highest BCUT2D eigenvalue weighted by Crippen LogP contribution is 2.27. The third-order valence-electron chi connectivity index (χ3n) is 4.18. The van der Waals surface area contributed by atoms with Gasteiger partial charge in [0.1, 0.15) is 6.54 Å². The molecule has 128 valence electrons. The van der Waals surface area contributed by atoms with Gasteiger partial charge in [0.2, 0.25) is 0 Å². The number of urea groups is 1. The monoisotopic (exact) mass is 337 g/mol. The number of amides is 3. The van der Waals surface area contributed by atoms with E-state index in [9.17, 15) is 19.5 Å². The van der Waals surface area contributed by atoms with Crippen LogP contribution in [0.5, 0.6) is 0 Å². The number of imide groups is 1. The second kappa shape index (κ2) is 6.39. The molecule has 0 radical (unpaired) electrons. The van der Waals surface area contributed by atoms with Crippen molar-refractivity contribution < 1.29 is 19.5 Å². The first-order valence-electron chi connectivity index (χ1n) is 7.94. The summed E-state index contributed by atoms with van der Waals surface area (Å²) in [6.45, 7) is 4.06. The molecule has 3 rings (SSSR count). The summed E-state index contributed by atoms with van der Waals surface area (Å²) in [5, 5.41) is 11.0. The van der Waals surface area contributed by atoms with Crippen LogP contribution in [0.15, 0.2) is 48.5 Å². The van der Waals surface area contributed by atoms with Crippen molar-refractivity contribution >= 4 is 29.3 Å². The largest absolute Gasteiger partial charge is 0.545 e. The van der Waals surface area contributed by atoms with E-state index in [4.69, 9.17) is 0 Å². The van der Waals surface area contributed by atoms with Crippen LogP contribution in [0.2, 0.25) is 0 Å². The van der Waals surface area contributed by atoms with E-state index in [1.165, 1.54) is 29.2 Å². The van der Waals surface area contributed by atoms with E-state index in [0.717, 1.165) is 10.5 Å². The Morgan fingerprint density at radius 3 is 2.32 bits per heavy atom. The van der Waals surface area contributed by atoms with Gasteiger partial charge in [0.25, 0.3) is 5.91 Å². The van der Waals surface area contributed by atoms with Gasteiger partial charge < -0.3 is 9.90 Å². The third-order valence-corrected chi connectivity index (χ3v) is 4.18. The fraction of sp³-hybridized carbons (Fsp3) is 0.211. The number of anilines is 2. The molecule has 0 atom stereocenters. The van der Waals surface area contributed by atoms with Crippen molar-refractivity contribution in [3.63, 3.8) is 0 Å². The average Bonchev–Trinajstić information content (AvgIpc) is 2.89. The maximum Gasteiger partial charge on any atom is 0.336 e. The minimum Gasteiger partial charge on any atom is -0.545 e. The fourth-order valence-corrected chi connectivity index (χ4v) is 2.77. The minimum absolute atomic E-state index is 0.0853. The average molecular weight is 337 g/mol. The van der Waals surface area contributed by atoms with Crippen LogP contribution < -0.4 is 14.9 Å². The zero-order chi connectivity index (χ0) is 18.1. The van der Waals surface area contributed by atoms with E-state index < -0.39 is 17.9 Å². The summed E-state index contributed by atoms with van der Waals surface area (Å²) < 4.78 is 0. The first-order chi connectivity index (χ1) is 11.9. The van der Waals surface area contributed by atoms with E-state index in [2.05, 4.69) is 13.8 Å². The van der Waals surface area contributed by atoms with Gasteiger partial charge in [-0.05, 0) is 41.3 Å². The molecule has 2 aromatic rings. The van der Waals surface area contributed by atoms with E-state index in [1.807, 2.05) is 24.3 Å². The van der Waals surface area contributed by atoms with Crippen molar-refractivity contribution in [1.29, 1.82) is 0 Å². The fourth-order valence-electron chi connectivity index (χ4n) is 2.77. The molecule has 0 aliphatic carbocycles. The summed E-state index contributed by atoms with van der Waals surface area (Å²) in [6.07, 6.45) is 0. The summed E-state index contributed by atoms with van der Waals surface area (Å²) >= 11 is 0. The molecular formula is C19H17N2O4-. The molecule has 1 aliphatic heterocycles. The summed E-state index contributed by atoms with van der Waals surface area (Å²) in [5.41, 5.74) is 1.90. The maximum atomic E-state index is 12.7. The Labute approximate surface area is 145 Å². The molecule has 3 amide bonds. The van der Waals surface area contributed by atoms with Crippen molar-refractivity contribution in [3.05, 3.63) is 59.7 Å². The Bertz CT molecular complexity index is 843. The summed E-state index contributed by atoms with van der Waals surface area (Å²) in [4.78, 5) is 38.4. The van der Waals surface area contributed by atoms with Gasteiger partial charge in [-0.15, -0.1) is 0 Å². The van der Waals surface area contributed by atoms with Gasteiger partial charge in [-0.2, -0.15) is 0 Å².